The second-order valence-electron chi connectivity index (χ2n) is 7.45. The number of nitrogens with zero attached hydrogens (tertiary/aromatic N) is 2. The van der Waals surface area contributed by atoms with Crippen molar-refractivity contribution in [1.29, 1.82) is 0 Å². The Morgan fingerprint density at radius 2 is 1.71 bits per heavy atom. The molecule has 0 bridgehead atoms. The van der Waals surface area contributed by atoms with E-state index in [-0.39, 0.29) is 18.5 Å². The summed E-state index contributed by atoms with van der Waals surface area (Å²) in [4.78, 5) is 28.4. The maximum Gasteiger partial charge on any atom is 0.318 e. The van der Waals surface area contributed by atoms with Gasteiger partial charge in [-0.25, -0.2) is 4.79 Å². The monoisotopic (exact) mass is 379 g/mol. The Bertz CT molecular complexity index is 860. The van der Waals surface area contributed by atoms with Crippen molar-refractivity contribution in [3.63, 3.8) is 0 Å². The van der Waals surface area contributed by atoms with Crippen molar-refractivity contribution in [1.82, 2.24) is 15.1 Å². The van der Waals surface area contributed by atoms with Gasteiger partial charge in [-0.2, -0.15) is 0 Å². The van der Waals surface area contributed by atoms with Crippen LogP contribution in [-0.2, 0) is 13.1 Å². The Labute approximate surface area is 164 Å². The lowest BCUT2D eigenvalue weighted by atomic mass is 9.98. The van der Waals surface area contributed by atoms with E-state index < -0.39 is 6.10 Å². The summed E-state index contributed by atoms with van der Waals surface area (Å²) in [6.45, 7) is 2.82. The number of urea groups is 1. The highest BCUT2D eigenvalue weighted by Crippen LogP contribution is 2.26. The summed E-state index contributed by atoms with van der Waals surface area (Å²) in [6, 6.07) is 14.9. The summed E-state index contributed by atoms with van der Waals surface area (Å²) in [5, 5.41) is 13.2. The predicted octanol–water partition coefficient (Wildman–Crippen LogP) is 2.68. The number of aliphatic hydroxyl groups excluding tert-OH is 1. The molecule has 0 radical (unpaired) electrons. The summed E-state index contributed by atoms with van der Waals surface area (Å²) < 4.78 is 0. The topological polar surface area (TPSA) is 72.9 Å². The van der Waals surface area contributed by atoms with Crippen molar-refractivity contribution in [2.24, 2.45) is 0 Å². The minimum absolute atomic E-state index is 0.0778. The van der Waals surface area contributed by atoms with Gasteiger partial charge < -0.3 is 20.2 Å². The average molecular weight is 379 g/mol. The fourth-order valence-corrected chi connectivity index (χ4v) is 3.89. The maximum absolute atomic E-state index is 12.5. The number of hydrogen-bond acceptors (Lipinski definition) is 3. The Balaban J connectivity index is 1.33. The van der Waals surface area contributed by atoms with Gasteiger partial charge in [0.05, 0.1) is 12.6 Å². The van der Waals surface area contributed by atoms with E-state index in [4.69, 9.17) is 0 Å². The Hall–Kier alpha value is -2.86. The lowest BCUT2D eigenvalue weighted by molar-refractivity contribution is 0.0792. The van der Waals surface area contributed by atoms with Gasteiger partial charge in [-0.1, -0.05) is 36.4 Å². The summed E-state index contributed by atoms with van der Waals surface area (Å²) >= 11 is 0. The van der Waals surface area contributed by atoms with Crippen LogP contribution in [0.4, 0.5) is 4.79 Å². The van der Waals surface area contributed by atoms with Gasteiger partial charge in [-0.3, -0.25) is 4.79 Å². The first-order valence-corrected chi connectivity index (χ1v) is 9.78. The number of benzene rings is 2. The third-order valence-corrected chi connectivity index (χ3v) is 5.49. The number of nitrogens with one attached hydrogen (secondary N) is 1. The van der Waals surface area contributed by atoms with Crippen LogP contribution in [-0.4, -0.2) is 46.5 Å². The molecule has 1 fully saturated rings. The first kappa shape index (κ1) is 18.5. The standard InChI is InChI=1S/C22H25N3O3/c26-20-15-25(14-18-5-1-2-6-19(18)20)22(28)23-13-16-7-9-17(10-8-16)21(27)24-11-3-4-12-24/h1-2,5-10,20,26H,3-4,11-15H2,(H,23,28)/t20-/m0/s1. The van der Waals surface area contributed by atoms with Crippen molar-refractivity contribution < 1.29 is 14.7 Å². The van der Waals surface area contributed by atoms with E-state index >= 15 is 0 Å². The van der Waals surface area contributed by atoms with Crippen molar-refractivity contribution in [3.8, 4) is 0 Å². The zero-order valence-electron chi connectivity index (χ0n) is 15.8. The van der Waals surface area contributed by atoms with E-state index in [2.05, 4.69) is 5.32 Å². The van der Waals surface area contributed by atoms with Gasteiger partial charge >= 0.3 is 6.03 Å². The third kappa shape index (κ3) is 3.87. The van der Waals surface area contributed by atoms with Crippen LogP contribution in [0.25, 0.3) is 0 Å². The molecule has 4 rings (SSSR count). The van der Waals surface area contributed by atoms with Crippen molar-refractivity contribution in [3.05, 3.63) is 70.8 Å². The van der Waals surface area contributed by atoms with E-state index in [1.807, 2.05) is 53.4 Å². The summed E-state index contributed by atoms with van der Waals surface area (Å²) in [5.41, 5.74) is 3.49. The molecule has 0 aliphatic carbocycles. The van der Waals surface area contributed by atoms with Gasteiger partial charge in [0.2, 0.25) is 0 Å². The second-order valence-corrected chi connectivity index (χ2v) is 7.45. The summed E-state index contributed by atoms with van der Waals surface area (Å²) in [5.74, 6) is 0.0778. The number of β-amino-alcohol motifs (C(OH)–C–C–N with tert-alkyl or cyclic N) is 1. The van der Waals surface area contributed by atoms with Crippen molar-refractivity contribution >= 4 is 11.9 Å². The van der Waals surface area contributed by atoms with Crippen LogP contribution in [0.2, 0.25) is 0 Å². The van der Waals surface area contributed by atoms with Crippen LogP contribution in [0.1, 0.15) is 46.0 Å². The number of carbonyl (C=O) groups excluding carboxylic acids is 2. The molecule has 3 amide bonds. The molecule has 2 aliphatic rings. The number of fused-ring (bicyclic) bond motifs is 1. The molecule has 2 N–H and O–H groups in total. The zero-order valence-corrected chi connectivity index (χ0v) is 15.8. The van der Waals surface area contributed by atoms with Gasteiger partial charge in [0.25, 0.3) is 5.91 Å². The van der Waals surface area contributed by atoms with Gasteiger partial charge in [-0.05, 0) is 41.7 Å². The Morgan fingerprint density at radius 3 is 2.46 bits per heavy atom. The normalized spacial score (nSPS) is 18.7. The largest absolute Gasteiger partial charge is 0.387 e. The molecule has 146 valence electrons. The summed E-state index contributed by atoms with van der Waals surface area (Å²) in [6.07, 6.45) is 1.49. The highest BCUT2D eigenvalue weighted by molar-refractivity contribution is 5.94. The average Bonchev–Trinajstić information content (AvgIpc) is 3.27. The maximum atomic E-state index is 12.5. The SMILES string of the molecule is O=C(NCc1ccc(C(=O)N2CCCC2)cc1)N1Cc2ccccc2[C@@H](O)C1. The smallest absolute Gasteiger partial charge is 0.318 e. The molecule has 2 aromatic rings. The van der Waals surface area contributed by atoms with E-state index in [1.54, 1.807) is 4.90 Å². The van der Waals surface area contributed by atoms with Crippen LogP contribution < -0.4 is 5.32 Å². The molecule has 6 nitrogen and oxygen atoms in total. The van der Waals surface area contributed by atoms with E-state index in [1.165, 1.54) is 0 Å². The van der Waals surface area contributed by atoms with Crippen LogP contribution in [0.3, 0.4) is 0 Å². The quantitative estimate of drug-likeness (QED) is 0.861. The molecule has 6 heteroatoms. The van der Waals surface area contributed by atoms with Gasteiger partial charge in [-0.15, -0.1) is 0 Å². The van der Waals surface area contributed by atoms with Crippen molar-refractivity contribution in [2.75, 3.05) is 19.6 Å². The zero-order chi connectivity index (χ0) is 19.5. The number of hydrogen-bond donors (Lipinski definition) is 2. The Morgan fingerprint density at radius 1 is 1.00 bits per heavy atom. The van der Waals surface area contributed by atoms with Gasteiger partial charge in [0.15, 0.2) is 0 Å². The molecule has 0 saturated carbocycles. The number of amides is 3. The van der Waals surface area contributed by atoms with Gasteiger partial charge in [0.1, 0.15) is 0 Å². The minimum Gasteiger partial charge on any atom is -0.387 e. The highest BCUT2D eigenvalue weighted by atomic mass is 16.3. The van der Waals surface area contributed by atoms with Crippen LogP contribution in [0, 0.1) is 0 Å². The van der Waals surface area contributed by atoms with Gasteiger partial charge in [0, 0.05) is 31.7 Å². The Kier molecular flexibility index (Phi) is 5.30. The van der Waals surface area contributed by atoms with Crippen LogP contribution in [0.5, 0.6) is 0 Å². The predicted molar refractivity (Wildman–Crippen MR) is 106 cm³/mol. The molecular formula is C22H25N3O3. The highest BCUT2D eigenvalue weighted by Gasteiger charge is 2.26. The second kappa shape index (κ2) is 8.02. The molecule has 0 aromatic heterocycles. The first-order valence-electron chi connectivity index (χ1n) is 9.78. The molecular weight excluding hydrogens is 354 g/mol. The molecule has 1 atom stereocenters. The van der Waals surface area contributed by atoms with Crippen LogP contribution >= 0.6 is 0 Å². The fraction of sp³-hybridized carbons (Fsp3) is 0.364. The molecule has 28 heavy (non-hydrogen) atoms. The lowest BCUT2D eigenvalue weighted by Gasteiger charge is -2.32. The number of aliphatic hydroxyl groups is 1. The number of carbonyl (C=O) groups is 2. The first-order chi connectivity index (χ1) is 13.6. The lowest BCUT2D eigenvalue weighted by Crippen LogP contribution is -2.43. The van der Waals surface area contributed by atoms with Crippen LogP contribution in [0.15, 0.2) is 48.5 Å². The van der Waals surface area contributed by atoms with E-state index in [0.29, 0.717) is 18.7 Å². The third-order valence-electron chi connectivity index (χ3n) is 5.49. The van der Waals surface area contributed by atoms with E-state index in [0.717, 1.165) is 42.6 Å². The molecule has 0 unspecified atom stereocenters. The molecule has 0 spiro atoms. The number of rotatable bonds is 3. The molecule has 2 aliphatic heterocycles. The molecule has 1 saturated heterocycles. The molecule has 2 aromatic carbocycles. The molecule has 2 heterocycles. The number of likely N-dealkylation sites (tertiary alicyclic amines) is 1. The summed E-state index contributed by atoms with van der Waals surface area (Å²) in [7, 11) is 0. The van der Waals surface area contributed by atoms with Crippen molar-refractivity contribution in [2.45, 2.75) is 32.0 Å². The minimum atomic E-state index is -0.661. The fourth-order valence-electron chi connectivity index (χ4n) is 3.89. The van der Waals surface area contributed by atoms with E-state index in [9.17, 15) is 14.7 Å².